The first-order chi connectivity index (χ1) is 9.29. The maximum atomic E-state index is 9.50. The van der Waals surface area contributed by atoms with Crippen LogP contribution in [0.5, 0.6) is 0 Å². The standard InChI is InChI=1S/C9H18O.C6H10O3/c1-2-5-8-6-3-4-7-9(8)10;1(5-3-8-5)7-2-6-4-9-6/h8-10H,2-7H2,1H3;5-6H,1-4H2. The molecule has 1 aliphatic carbocycles. The summed E-state index contributed by atoms with van der Waals surface area (Å²) >= 11 is 0. The van der Waals surface area contributed by atoms with Crippen molar-refractivity contribution in [1.29, 1.82) is 0 Å². The van der Waals surface area contributed by atoms with E-state index in [-0.39, 0.29) is 6.10 Å². The lowest BCUT2D eigenvalue weighted by molar-refractivity contribution is 0.0650. The third-order valence-corrected chi connectivity index (χ3v) is 3.94. The molecule has 3 aliphatic rings. The molecule has 112 valence electrons. The van der Waals surface area contributed by atoms with E-state index in [0.717, 1.165) is 32.8 Å². The number of aliphatic hydroxyl groups excluding tert-OH is 1. The summed E-state index contributed by atoms with van der Waals surface area (Å²) in [6.07, 6.45) is 8.13. The zero-order chi connectivity index (χ0) is 13.5. The van der Waals surface area contributed by atoms with Crippen LogP contribution >= 0.6 is 0 Å². The SMILES string of the molecule is C(OCC1CO1)C1CO1.CCCC1CCCCC1O. The Balaban J connectivity index is 0.000000141. The number of hydrogen-bond donors (Lipinski definition) is 1. The molecular weight excluding hydrogens is 244 g/mol. The highest BCUT2D eigenvalue weighted by Gasteiger charge is 2.26. The molecule has 0 bridgehead atoms. The Morgan fingerprint density at radius 3 is 2.11 bits per heavy atom. The Bertz CT molecular complexity index is 224. The molecule has 2 saturated heterocycles. The van der Waals surface area contributed by atoms with Crippen molar-refractivity contribution in [2.45, 2.75) is 63.8 Å². The van der Waals surface area contributed by atoms with Gasteiger partial charge in [-0.25, -0.2) is 0 Å². The van der Waals surface area contributed by atoms with Gasteiger partial charge >= 0.3 is 0 Å². The molecule has 2 aliphatic heterocycles. The lowest BCUT2D eigenvalue weighted by atomic mass is 9.84. The van der Waals surface area contributed by atoms with Crippen LogP contribution in [0.25, 0.3) is 0 Å². The highest BCUT2D eigenvalue weighted by molar-refractivity contribution is 4.73. The second-order valence-electron chi connectivity index (χ2n) is 5.85. The maximum Gasteiger partial charge on any atom is 0.104 e. The fourth-order valence-corrected chi connectivity index (χ4v) is 2.56. The van der Waals surface area contributed by atoms with Crippen LogP contribution in [0.15, 0.2) is 0 Å². The number of rotatable bonds is 6. The second kappa shape index (κ2) is 8.20. The van der Waals surface area contributed by atoms with Gasteiger partial charge in [-0.1, -0.05) is 26.2 Å². The van der Waals surface area contributed by atoms with Crippen LogP contribution in [0.1, 0.15) is 45.4 Å². The Morgan fingerprint density at radius 1 is 1.05 bits per heavy atom. The molecule has 2 heterocycles. The Labute approximate surface area is 116 Å². The average molecular weight is 272 g/mol. The fraction of sp³-hybridized carbons (Fsp3) is 1.00. The normalized spacial score (nSPS) is 36.3. The van der Waals surface area contributed by atoms with Gasteiger partial charge in [0.2, 0.25) is 0 Å². The highest BCUT2D eigenvalue weighted by Crippen LogP contribution is 2.27. The molecule has 0 aromatic rings. The minimum atomic E-state index is 0.0219. The molecule has 1 N–H and O–H groups in total. The second-order valence-corrected chi connectivity index (χ2v) is 5.85. The van der Waals surface area contributed by atoms with Gasteiger partial charge in [-0.2, -0.15) is 0 Å². The summed E-state index contributed by atoms with van der Waals surface area (Å²) in [6.45, 7) is 5.46. The predicted octanol–water partition coefficient (Wildman–Crippen LogP) is 2.14. The third-order valence-electron chi connectivity index (χ3n) is 3.94. The molecule has 4 unspecified atom stereocenters. The number of hydrogen-bond acceptors (Lipinski definition) is 4. The summed E-state index contributed by atoms with van der Waals surface area (Å²) in [5, 5.41) is 9.50. The van der Waals surface area contributed by atoms with Gasteiger partial charge in [0.05, 0.1) is 32.5 Å². The summed E-state index contributed by atoms with van der Waals surface area (Å²) in [5.74, 6) is 0.624. The van der Waals surface area contributed by atoms with Gasteiger partial charge in [0.15, 0.2) is 0 Å². The first-order valence-electron chi connectivity index (χ1n) is 7.78. The average Bonchev–Trinajstić information content (AvgIpc) is 3.27. The van der Waals surface area contributed by atoms with Crippen LogP contribution in [-0.2, 0) is 14.2 Å². The highest BCUT2D eigenvalue weighted by atomic mass is 16.6. The summed E-state index contributed by atoms with van der Waals surface area (Å²) < 4.78 is 15.1. The van der Waals surface area contributed by atoms with Gasteiger partial charge in [-0.3, -0.25) is 0 Å². The fourth-order valence-electron chi connectivity index (χ4n) is 2.56. The summed E-state index contributed by atoms with van der Waals surface area (Å²) in [5.41, 5.74) is 0. The Morgan fingerprint density at radius 2 is 1.63 bits per heavy atom. The van der Waals surface area contributed by atoms with Crippen molar-refractivity contribution in [2.75, 3.05) is 26.4 Å². The van der Waals surface area contributed by atoms with E-state index in [4.69, 9.17) is 14.2 Å². The van der Waals surface area contributed by atoms with E-state index < -0.39 is 0 Å². The minimum absolute atomic E-state index is 0.0219. The molecule has 4 atom stereocenters. The Kier molecular flexibility index (Phi) is 6.57. The van der Waals surface area contributed by atoms with Gasteiger partial charge in [0.25, 0.3) is 0 Å². The summed E-state index contributed by atoms with van der Waals surface area (Å²) in [4.78, 5) is 0. The number of epoxide rings is 2. The van der Waals surface area contributed by atoms with Crippen molar-refractivity contribution in [3.05, 3.63) is 0 Å². The first kappa shape index (κ1) is 15.2. The van der Waals surface area contributed by atoms with Crippen molar-refractivity contribution < 1.29 is 19.3 Å². The monoisotopic (exact) mass is 272 g/mol. The molecule has 4 heteroatoms. The van der Waals surface area contributed by atoms with E-state index in [2.05, 4.69) is 6.92 Å². The molecule has 0 aromatic heterocycles. The Hall–Kier alpha value is -0.160. The van der Waals surface area contributed by atoms with Crippen LogP contribution in [-0.4, -0.2) is 49.8 Å². The zero-order valence-electron chi connectivity index (χ0n) is 12.1. The maximum absolute atomic E-state index is 9.50. The topological polar surface area (TPSA) is 54.5 Å². The van der Waals surface area contributed by atoms with Crippen LogP contribution < -0.4 is 0 Å². The van der Waals surface area contributed by atoms with Crippen molar-refractivity contribution in [1.82, 2.24) is 0 Å². The van der Waals surface area contributed by atoms with E-state index in [9.17, 15) is 5.11 Å². The van der Waals surface area contributed by atoms with Crippen molar-refractivity contribution in [2.24, 2.45) is 5.92 Å². The van der Waals surface area contributed by atoms with Gasteiger partial charge in [0.1, 0.15) is 12.2 Å². The number of aliphatic hydroxyl groups is 1. The van der Waals surface area contributed by atoms with Crippen LogP contribution in [0.2, 0.25) is 0 Å². The molecule has 3 rings (SSSR count). The van der Waals surface area contributed by atoms with Gasteiger partial charge in [0, 0.05) is 0 Å². The zero-order valence-corrected chi connectivity index (χ0v) is 12.1. The largest absolute Gasteiger partial charge is 0.393 e. The molecule has 1 saturated carbocycles. The molecule has 0 radical (unpaired) electrons. The van der Waals surface area contributed by atoms with Gasteiger partial charge in [-0.15, -0.1) is 0 Å². The smallest absolute Gasteiger partial charge is 0.104 e. The van der Waals surface area contributed by atoms with E-state index in [1.165, 1.54) is 32.1 Å². The van der Waals surface area contributed by atoms with E-state index in [0.29, 0.717) is 18.1 Å². The predicted molar refractivity (Wildman–Crippen MR) is 73.2 cm³/mol. The van der Waals surface area contributed by atoms with Crippen molar-refractivity contribution >= 4 is 0 Å². The van der Waals surface area contributed by atoms with E-state index in [1.807, 2.05) is 0 Å². The molecule has 4 nitrogen and oxygen atoms in total. The van der Waals surface area contributed by atoms with Gasteiger partial charge in [-0.05, 0) is 25.2 Å². The van der Waals surface area contributed by atoms with E-state index >= 15 is 0 Å². The molecule has 0 spiro atoms. The molecule has 0 amide bonds. The lowest BCUT2D eigenvalue weighted by Crippen LogP contribution is -2.23. The molecule has 19 heavy (non-hydrogen) atoms. The van der Waals surface area contributed by atoms with Crippen LogP contribution in [0.3, 0.4) is 0 Å². The van der Waals surface area contributed by atoms with Crippen LogP contribution in [0, 0.1) is 5.92 Å². The van der Waals surface area contributed by atoms with Crippen LogP contribution in [0.4, 0.5) is 0 Å². The summed E-state index contributed by atoms with van der Waals surface area (Å²) in [6, 6.07) is 0. The quantitative estimate of drug-likeness (QED) is 0.753. The molecule has 3 fully saturated rings. The molecular formula is C15H28O4. The van der Waals surface area contributed by atoms with Crippen molar-refractivity contribution in [3.63, 3.8) is 0 Å². The minimum Gasteiger partial charge on any atom is -0.393 e. The lowest BCUT2D eigenvalue weighted by Gasteiger charge is -2.26. The third kappa shape index (κ3) is 6.70. The van der Waals surface area contributed by atoms with Crippen molar-refractivity contribution in [3.8, 4) is 0 Å². The first-order valence-corrected chi connectivity index (χ1v) is 7.78. The number of ether oxygens (including phenoxy) is 3. The molecule has 0 aromatic carbocycles. The summed E-state index contributed by atoms with van der Waals surface area (Å²) in [7, 11) is 0. The van der Waals surface area contributed by atoms with Gasteiger partial charge < -0.3 is 19.3 Å². The van der Waals surface area contributed by atoms with E-state index in [1.54, 1.807) is 0 Å².